The van der Waals surface area contributed by atoms with Gasteiger partial charge in [-0.25, -0.2) is 0 Å². The Kier molecular flexibility index (Phi) is 5.28. The molecule has 26 heavy (non-hydrogen) atoms. The van der Waals surface area contributed by atoms with Crippen LogP contribution in [0.5, 0.6) is 17.2 Å². The van der Waals surface area contributed by atoms with Crippen LogP contribution in [-0.2, 0) is 6.54 Å². The third-order valence-electron chi connectivity index (χ3n) is 5.96. The molecule has 1 aromatic carbocycles. The minimum atomic E-state index is 0.303. The number of fused-ring (bicyclic) bond motifs is 1. The molecule has 5 heteroatoms. The van der Waals surface area contributed by atoms with Gasteiger partial charge in [-0.1, -0.05) is 13.8 Å². The summed E-state index contributed by atoms with van der Waals surface area (Å²) in [6.45, 7) is 10.7. The summed E-state index contributed by atoms with van der Waals surface area (Å²) >= 11 is 0. The molecule has 0 bridgehead atoms. The van der Waals surface area contributed by atoms with Gasteiger partial charge in [-0.2, -0.15) is 0 Å². The summed E-state index contributed by atoms with van der Waals surface area (Å²) < 4.78 is 16.7. The summed E-state index contributed by atoms with van der Waals surface area (Å²) in [6.07, 6.45) is 4.10. The molecule has 2 aliphatic heterocycles. The first-order chi connectivity index (χ1) is 12.6. The van der Waals surface area contributed by atoms with E-state index in [4.69, 9.17) is 14.2 Å². The highest BCUT2D eigenvalue weighted by atomic mass is 16.7. The summed E-state index contributed by atoms with van der Waals surface area (Å²) in [5.41, 5.74) is 1.19. The molecule has 1 aliphatic carbocycles. The Balaban J connectivity index is 1.49. The molecule has 1 saturated heterocycles. The van der Waals surface area contributed by atoms with E-state index in [1.165, 1.54) is 37.9 Å². The lowest BCUT2D eigenvalue weighted by Gasteiger charge is -2.34. The minimum absolute atomic E-state index is 0.303. The largest absolute Gasteiger partial charge is 0.496 e. The van der Waals surface area contributed by atoms with Gasteiger partial charge < -0.3 is 14.2 Å². The van der Waals surface area contributed by atoms with Crippen molar-refractivity contribution < 1.29 is 14.2 Å². The first-order valence-corrected chi connectivity index (χ1v) is 10.1. The van der Waals surface area contributed by atoms with E-state index in [1.807, 2.05) is 6.07 Å². The predicted molar refractivity (Wildman–Crippen MR) is 102 cm³/mol. The van der Waals surface area contributed by atoms with Gasteiger partial charge >= 0.3 is 0 Å². The van der Waals surface area contributed by atoms with Gasteiger partial charge in [-0.3, -0.25) is 9.80 Å². The molecule has 0 unspecified atom stereocenters. The molecule has 4 rings (SSSR count). The van der Waals surface area contributed by atoms with Gasteiger partial charge in [0, 0.05) is 37.3 Å². The van der Waals surface area contributed by atoms with E-state index >= 15 is 0 Å². The lowest BCUT2D eigenvalue weighted by Crippen LogP contribution is -2.45. The van der Waals surface area contributed by atoms with Gasteiger partial charge in [0.2, 0.25) is 6.79 Å². The molecule has 0 radical (unpaired) electrons. The van der Waals surface area contributed by atoms with Crippen molar-refractivity contribution >= 4 is 0 Å². The fourth-order valence-corrected chi connectivity index (χ4v) is 4.29. The van der Waals surface area contributed by atoms with Crippen LogP contribution in [0.15, 0.2) is 12.1 Å². The summed E-state index contributed by atoms with van der Waals surface area (Å²) in [4.78, 5) is 5.36. The molecule has 0 spiro atoms. The summed E-state index contributed by atoms with van der Waals surface area (Å²) in [5, 5.41) is 0. The molecular weight excluding hydrogens is 328 g/mol. The van der Waals surface area contributed by atoms with Crippen molar-refractivity contribution in [3.05, 3.63) is 17.7 Å². The second-order valence-corrected chi connectivity index (χ2v) is 8.36. The molecule has 2 fully saturated rings. The Bertz CT molecular complexity index is 630. The summed E-state index contributed by atoms with van der Waals surface area (Å²) in [7, 11) is 1.73. The van der Waals surface area contributed by atoms with E-state index in [0.717, 1.165) is 42.8 Å². The van der Waals surface area contributed by atoms with Gasteiger partial charge in [0.1, 0.15) is 5.75 Å². The van der Waals surface area contributed by atoms with Crippen molar-refractivity contribution in [2.75, 3.05) is 40.1 Å². The molecule has 0 aromatic heterocycles. The fourth-order valence-electron chi connectivity index (χ4n) is 4.29. The third kappa shape index (κ3) is 3.94. The monoisotopic (exact) mass is 360 g/mol. The quantitative estimate of drug-likeness (QED) is 0.777. The van der Waals surface area contributed by atoms with Crippen LogP contribution >= 0.6 is 0 Å². The molecule has 1 saturated carbocycles. The number of hydrogen-bond donors (Lipinski definition) is 0. The molecule has 1 atom stereocenters. The molecule has 0 amide bonds. The second-order valence-electron chi connectivity index (χ2n) is 8.36. The van der Waals surface area contributed by atoms with Crippen LogP contribution < -0.4 is 14.2 Å². The van der Waals surface area contributed by atoms with Gasteiger partial charge in [-0.05, 0) is 50.3 Å². The average molecular weight is 360 g/mol. The van der Waals surface area contributed by atoms with Crippen LogP contribution in [0.25, 0.3) is 0 Å². The summed E-state index contributed by atoms with van der Waals surface area (Å²) in [5.74, 6) is 4.16. The molecule has 144 valence electrons. The SMILES string of the molecule is COc1cc2c(cc1CN1CCCN(CC3CC3)[C@@H](C(C)C)C1)OCO2. The summed E-state index contributed by atoms with van der Waals surface area (Å²) in [6, 6.07) is 4.70. The van der Waals surface area contributed by atoms with Gasteiger partial charge in [0.25, 0.3) is 0 Å². The molecule has 1 aromatic rings. The number of methoxy groups -OCH3 is 1. The Morgan fingerprint density at radius 2 is 1.92 bits per heavy atom. The van der Waals surface area contributed by atoms with E-state index in [0.29, 0.717) is 18.8 Å². The average Bonchev–Trinajstić information content (AvgIpc) is 3.36. The van der Waals surface area contributed by atoms with E-state index in [2.05, 4.69) is 29.7 Å². The topological polar surface area (TPSA) is 34.2 Å². The first kappa shape index (κ1) is 17.9. The lowest BCUT2D eigenvalue weighted by molar-refractivity contribution is 0.131. The van der Waals surface area contributed by atoms with Crippen molar-refractivity contribution in [2.45, 2.75) is 45.7 Å². The number of hydrogen-bond acceptors (Lipinski definition) is 5. The van der Waals surface area contributed by atoms with Crippen molar-refractivity contribution in [3.8, 4) is 17.2 Å². The maximum Gasteiger partial charge on any atom is 0.231 e. The van der Waals surface area contributed by atoms with Crippen molar-refractivity contribution in [1.29, 1.82) is 0 Å². The zero-order chi connectivity index (χ0) is 18.1. The van der Waals surface area contributed by atoms with E-state index < -0.39 is 0 Å². The number of rotatable bonds is 6. The van der Waals surface area contributed by atoms with Crippen molar-refractivity contribution in [2.24, 2.45) is 11.8 Å². The molecule has 3 aliphatic rings. The van der Waals surface area contributed by atoms with Crippen LogP contribution in [0.2, 0.25) is 0 Å². The zero-order valence-corrected chi connectivity index (χ0v) is 16.4. The number of benzene rings is 1. The number of ether oxygens (including phenoxy) is 3. The molecule has 2 heterocycles. The fraction of sp³-hybridized carbons (Fsp3) is 0.714. The van der Waals surface area contributed by atoms with Crippen LogP contribution in [-0.4, -0.2) is 55.9 Å². The number of nitrogens with zero attached hydrogens (tertiary/aromatic N) is 2. The smallest absolute Gasteiger partial charge is 0.231 e. The maximum absolute atomic E-state index is 5.63. The Morgan fingerprint density at radius 1 is 1.15 bits per heavy atom. The minimum Gasteiger partial charge on any atom is -0.496 e. The Morgan fingerprint density at radius 3 is 2.62 bits per heavy atom. The third-order valence-corrected chi connectivity index (χ3v) is 5.96. The van der Waals surface area contributed by atoms with E-state index in [1.54, 1.807) is 7.11 Å². The maximum atomic E-state index is 5.63. The van der Waals surface area contributed by atoms with E-state index in [9.17, 15) is 0 Å². The second kappa shape index (κ2) is 7.65. The van der Waals surface area contributed by atoms with Crippen LogP contribution in [0.1, 0.15) is 38.7 Å². The highest BCUT2D eigenvalue weighted by Crippen LogP contribution is 2.39. The van der Waals surface area contributed by atoms with Crippen LogP contribution in [0.4, 0.5) is 0 Å². The molecule has 0 N–H and O–H groups in total. The zero-order valence-electron chi connectivity index (χ0n) is 16.4. The van der Waals surface area contributed by atoms with Crippen molar-refractivity contribution in [3.63, 3.8) is 0 Å². The van der Waals surface area contributed by atoms with Gasteiger partial charge in [0.15, 0.2) is 11.5 Å². The first-order valence-electron chi connectivity index (χ1n) is 10.1. The van der Waals surface area contributed by atoms with E-state index in [-0.39, 0.29) is 0 Å². The predicted octanol–water partition coefficient (Wildman–Crippen LogP) is 3.37. The van der Waals surface area contributed by atoms with Gasteiger partial charge in [0.05, 0.1) is 7.11 Å². The van der Waals surface area contributed by atoms with Crippen LogP contribution in [0.3, 0.4) is 0 Å². The molecule has 5 nitrogen and oxygen atoms in total. The van der Waals surface area contributed by atoms with Crippen molar-refractivity contribution in [1.82, 2.24) is 9.80 Å². The molecular formula is C21H32N2O3. The highest BCUT2D eigenvalue weighted by Gasteiger charge is 2.32. The Hall–Kier alpha value is -1.46. The van der Waals surface area contributed by atoms with Crippen LogP contribution in [0, 0.1) is 11.8 Å². The highest BCUT2D eigenvalue weighted by molar-refractivity contribution is 5.51. The van der Waals surface area contributed by atoms with Gasteiger partial charge in [-0.15, -0.1) is 0 Å². The normalized spacial score (nSPS) is 24.1. The standard InChI is InChI=1S/C21H32N2O3/c1-15(2)18-13-22(7-4-8-23(18)11-16-5-6-16)12-17-9-20-21(26-14-25-20)10-19(17)24-3/h9-10,15-16,18H,4-8,11-14H2,1-3H3/t18-/m1/s1. The Labute approximate surface area is 157 Å². The lowest BCUT2D eigenvalue weighted by atomic mass is 10.0.